The number of aromatic nitrogens is 1. The Balaban J connectivity index is 3.29. The molecule has 0 radical (unpaired) electrons. The van der Waals surface area contributed by atoms with Gasteiger partial charge < -0.3 is 5.11 Å². The average Bonchev–Trinajstić information content (AvgIpc) is 2.02. The Hall–Kier alpha value is -1.79. The zero-order chi connectivity index (χ0) is 10.9. The van der Waals surface area contributed by atoms with Crippen LogP contribution < -0.4 is 4.73 Å². The van der Waals surface area contributed by atoms with Crippen LogP contribution in [0, 0.1) is 0 Å². The number of alkyl halides is 3. The van der Waals surface area contributed by atoms with Crippen molar-refractivity contribution in [3.63, 3.8) is 0 Å². The lowest BCUT2D eigenvalue weighted by Gasteiger charge is -2.01. The highest BCUT2D eigenvalue weighted by atomic mass is 19.4. The first kappa shape index (κ1) is 10.3. The zero-order valence-electron chi connectivity index (χ0n) is 6.62. The molecule has 0 aromatic carbocycles. The molecule has 7 heteroatoms. The molecule has 0 aliphatic heterocycles. The second-order valence-corrected chi connectivity index (χ2v) is 2.45. The van der Waals surface area contributed by atoms with Crippen LogP contribution in [-0.4, -0.2) is 16.3 Å². The second-order valence-electron chi connectivity index (χ2n) is 2.45. The monoisotopic (exact) mass is 208 g/mol. The van der Waals surface area contributed by atoms with E-state index >= 15 is 0 Å². The van der Waals surface area contributed by atoms with Crippen molar-refractivity contribution in [2.24, 2.45) is 0 Å². The Bertz CT molecular complexity index is 375. The third-order valence-electron chi connectivity index (χ3n) is 1.47. The molecule has 1 aromatic heterocycles. The Morgan fingerprint density at radius 2 is 2.00 bits per heavy atom. The van der Waals surface area contributed by atoms with Gasteiger partial charge in [0.05, 0.1) is 5.56 Å². The normalized spacial score (nSPS) is 11.4. The van der Waals surface area contributed by atoms with Crippen LogP contribution in [0.2, 0.25) is 0 Å². The molecule has 0 aliphatic carbocycles. The number of aromatic carboxylic acids is 1. The van der Waals surface area contributed by atoms with Gasteiger partial charge in [-0.1, -0.05) is 0 Å². The third kappa shape index (κ3) is 1.93. The standard InChI is InChI=1S/C7H4F3NO3/c8-7(9,10)5-3-4(6(12)13)1-2-11(5)14/h1-3H,(H-,12,13,14)/p+1. The Kier molecular flexibility index (Phi) is 2.33. The predicted molar refractivity (Wildman–Crippen MR) is 35.8 cm³/mol. The smallest absolute Gasteiger partial charge is 0.478 e. The van der Waals surface area contributed by atoms with Gasteiger partial charge in [0.1, 0.15) is 0 Å². The molecule has 1 heterocycles. The summed E-state index contributed by atoms with van der Waals surface area (Å²) in [6.45, 7) is 0. The first-order valence-corrected chi connectivity index (χ1v) is 3.38. The summed E-state index contributed by atoms with van der Waals surface area (Å²) in [6.07, 6.45) is -4.17. The van der Waals surface area contributed by atoms with E-state index in [2.05, 4.69) is 0 Å². The van der Waals surface area contributed by atoms with Gasteiger partial charge in [-0.3, -0.25) is 5.21 Å². The van der Waals surface area contributed by atoms with E-state index in [4.69, 9.17) is 10.3 Å². The van der Waals surface area contributed by atoms with Gasteiger partial charge in [-0.05, 0) is 0 Å². The summed E-state index contributed by atoms with van der Waals surface area (Å²) in [4.78, 5) is 10.3. The molecule has 0 amide bonds. The van der Waals surface area contributed by atoms with Crippen LogP contribution in [0.15, 0.2) is 18.3 Å². The molecule has 0 saturated carbocycles. The Morgan fingerprint density at radius 1 is 1.43 bits per heavy atom. The fourth-order valence-electron chi connectivity index (χ4n) is 0.837. The number of carboxylic acids is 1. The SMILES string of the molecule is O=C(O)c1cc[n+](O)c(C(F)(F)F)c1. The summed E-state index contributed by atoms with van der Waals surface area (Å²) in [5, 5.41) is 17.2. The van der Waals surface area contributed by atoms with Crippen molar-refractivity contribution in [2.75, 3.05) is 0 Å². The first-order chi connectivity index (χ1) is 6.32. The fraction of sp³-hybridized carbons (Fsp3) is 0.143. The van der Waals surface area contributed by atoms with E-state index in [0.717, 1.165) is 6.07 Å². The minimum atomic E-state index is -4.79. The van der Waals surface area contributed by atoms with Crippen molar-refractivity contribution >= 4 is 5.97 Å². The van der Waals surface area contributed by atoms with E-state index in [1.807, 2.05) is 0 Å². The topological polar surface area (TPSA) is 61.4 Å². The van der Waals surface area contributed by atoms with Gasteiger partial charge >= 0.3 is 17.8 Å². The summed E-state index contributed by atoms with van der Waals surface area (Å²) in [7, 11) is 0. The van der Waals surface area contributed by atoms with E-state index in [1.54, 1.807) is 0 Å². The molecule has 2 N–H and O–H groups in total. The molecule has 4 nitrogen and oxygen atoms in total. The Labute approximate surface area is 75.8 Å². The number of rotatable bonds is 1. The molecule has 1 aromatic rings. The average molecular weight is 208 g/mol. The summed E-state index contributed by atoms with van der Waals surface area (Å²) < 4.78 is 36.2. The molecule has 0 atom stereocenters. The molecule has 1 rings (SSSR count). The fourth-order valence-corrected chi connectivity index (χ4v) is 0.837. The predicted octanol–water partition coefficient (Wildman–Crippen LogP) is 0.928. The van der Waals surface area contributed by atoms with Gasteiger partial charge in [0, 0.05) is 16.9 Å². The zero-order valence-corrected chi connectivity index (χ0v) is 6.62. The van der Waals surface area contributed by atoms with Crippen LogP contribution in [0.3, 0.4) is 0 Å². The minimum absolute atomic E-state index is 0.174. The first-order valence-electron chi connectivity index (χ1n) is 3.38. The van der Waals surface area contributed by atoms with E-state index in [0.29, 0.717) is 12.3 Å². The molecule has 76 valence electrons. The lowest BCUT2D eigenvalue weighted by atomic mass is 10.2. The third-order valence-corrected chi connectivity index (χ3v) is 1.47. The van der Waals surface area contributed by atoms with Crippen LogP contribution in [-0.2, 0) is 6.18 Å². The highest BCUT2D eigenvalue weighted by Gasteiger charge is 2.42. The molecule has 0 saturated heterocycles. The molecule has 14 heavy (non-hydrogen) atoms. The summed E-state index contributed by atoms with van der Waals surface area (Å²) in [5.41, 5.74) is -1.97. The number of carbonyl (C=O) groups is 1. The van der Waals surface area contributed by atoms with Gasteiger partial charge in [0.25, 0.3) is 0 Å². The molecule has 0 spiro atoms. The summed E-state index contributed by atoms with van der Waals surface area (Å²) in [6, 6.07) is 1.21. The van der Waals surface area contributed by atoms with Crippen molar-refractivity contribution in [1.29, 1.82) is 0 Å². The van der Waals surface area contributed by atoms with Gasteiger partial charge in [-0.2, -0.15) is 13.2 Å². The highest BCUT2D eigenvalue weighted by molar-refractivity contribution is 5.87. The molecule has 0 fully saturated rings. The van der Waals surface area contributed by atoms with Crippen LogP contribution in [0.1, 0.15) is 16.1 Å². The van der Waals surface area contributed by atoms with Crippen molar-refractivity contribution in [3.05, 3.63) is 29.6 Å². The summed E-state index contributed by atoms with van der Waals surface area (Å²) in [5.74, 6) is -1.49. The van der Waals surface area contributed by atoms with Crippen molar-refractivity contribution in [3.8, 4) is 0 Å². The highest BCUT2D eigenvalue weighted by Crippen LogP contribution is 2.26. The van der Waals surface area contributed by atoms with Crippen molar-refractivity contribution < 1.29 is 33.0 Å². The van der Waals surface area contributed by atoms with E-state index in [1.165, 1.54) is 0 Å². The number of halogens is 3. The molecule has 0 aliphatic rings. The molecular weight excluding hydrogens is 203 g/mol. The molecule has 0 unspecified atom stereocenters. The maximum absolute atomic E-state index is 12.1. The van der Waals surface area contributed by atoms with Crippen LogP contribution in [0.4, 0.5) is 13.2 Å². The second kappa shape index (κ2) is 3.17. The van der Waals surface area contributed by atoms with Crippen LogP contribution in [0.25, 0.3) is 0 Å². The van der Waals surface area contributed by atoms with Gasteiger partial charge in [-0.25, -0.2) is 4.79 Å². The Morgan fingerprint density at radius 3 is 2.43 bits per heavy atom. The van der Waals surface area contributed by atoms with Crippen molar-refractivity contribution in [1.82, 2.24) is 0 Å². The number of carboxylic acid groups (broad SMARTS) is 1. The van der Waals surface area contributed by atoms with Gasteiger partial charge in [-0.15, -0.1) is 0 Å². The maximum Gasteiger partial charge on any atom is 0.482 e. The largest absolute Gasteiger partial charge is 0.482 e. The summed E-state index contributed by atoms with van der Waals surface area (Å²) >= 11 is 0. The lowest BCUT2D eigenvalue weighted by molar-refractivity contribution is -0.915. The molecular formula is C7H5F3NO3+. The number of nitrogens with zero attached hydrogens (tertiary/aromatic N) is 1. The van der Waals surface area contributed by atoms with Gasteiger partial charge in [0.2, 0.25) is 6.20 Å². The van der Waals surface area contributed by atoms with Crippen molar-refractivity contribution in [2.45, 2.75) is 6.18 Å². The number of hydrogen-bond acceptors (Lipinski definition) is 2. The maximum atomic E-state index is 12.1. The minimum Gasteiger partial charge on any atom is -0.478 e. The quantitative estimate of drug-likeness (QED) is 0.533. The van der Waals surface area contributed by atoms with E-state index in [9.17, 15) is 18.0 Å². The molecule has 0 bridgehead atoms. The van der Waals surface area contributed by atoms with E-state index in [-0.39, 0.29) is 4.73 Å². The lowest BCUT2D eigenvalue weighted by Crippen LogP contribution is -2.39. The van der Waals surface area contributed by atoms with E-state index < -0.39 is 23.4 Å². The van der Waals surface area contributed by atoms with Crippen LogP contribution >= 0.6 is 0 Å². The van der Waals surface area contributed by atoms with Crippen LogP contribution in [0.5, 0.6) is 0 Å². The number of pyridine rings is 1. The number of hydrogen-bond donors (Lipinski definition) is 2. The van der Waals surface area contributed by atoms with Gasteiger partial charge in [0.15, 0.2) is 0 Å².